The molecule has 0 heterocycles. The first-order chi connectivity index (χ1) is 10.2. The Bertz CT molecular complexity index is 450. The molecule has 0 saturated heterocycles. The molecular weight excluding hydrogens is 262 g/mol. The van der Waals surface area contributed by atoms with Crippen molar-refractivity contribution >= 4 is 5.97 Å². The normalized spacial score (nSPS) is 16.9. The highest BCUT2D eigenvalue weighted by molar-refractivity contribution is 5.66. The third kappa shape index (κ3) is 5.16. The van der Waals surface area contributed by atoms with Crippen molar-refractivity contribution in [3.05, 3.63) is 35.4 Å². The van der Waals surface area contributed by atoms with E-state index in [1.54, 1.807) is 0 Å². The van der Waals surface area contributed by atoms with Gasteiger partial charge in [0.15, 0.2) is 0 Å². The van der Waals surface area contributed by atoms with Crippen LogP contribution in [0.15, 0.2) is 24.3 Å². The van der Waals surface area contributed by atoms with Gasteiger partial charge in [-0.05, 0) is 30.9 Å². The van der Waals surface area contributed by atoms with E-state index >= 15 is 0 Å². The van der Waals surface area contributed by atoms with E-state index < -0.39 is 5.97 Å². The lowest BCUT2D eigenvalue weighted by Gasteiger charge is -2.31. The Hall–Kier alpha value is -1.35. The van der Waals surface area contributed by atoms with Gasteiger partial charge in [-0.2, -0.15) is 0 Å². The summed E-state index contributed by atoms with van der Waals surface area (Å²) >= 11 is 0. The fourth-order valence-electron chi connectivity index (χ4n) is 3.26. The van der Waals surface area contributed by atoms with E-state index in [0.29, 0.717) is 12.6 Å². The van der Waals surface area contributed by atoms with Gasteiger partial charge in [0.2, 0.25) is 0 Å². The van der Waals surface area contributed by atoms with Crippen LogP contribution in [0.4, 0.5) is 0 Å². The summed E-state index contributed by atoms with van der Waals surface area (Å²) in [6, 6.07) is 8.99. The summed E-state index contributed by atoms with van der Waals surface area (Å²) in [6.07, 6.45) is 7.88. The lowest BCUT2D eigenvalue weighted by molar-refractivity contribution is -0.137. The van der Waals surface area contributed by atoms with E-state index in [0.717, 1.165) is 6.54 Å². The number of benzene rings is 1. The molecule has 0 spiro atoms. The van der Waals surface area contributed by atoms with Crippen molar-refractivity contribution in [3.8, 4) is 0 Å². The maximum atomic E-state index is 10.9. The number of carboxylic acids is 1. The maximum absolute atomic E-state index is 10.9. The Balaban J connectivity index is 2.07. The molecule has 1 aliphatic rings. The van der Waals surface area contributed by atoms with Gasteiger partial charge in [-0.3, -0.25) is 9.69 Å². The molecule has 1 saturated carbocycles. The minimum Gasteiger partial charge on any atom is -0.481 e. The number of nitrogens with zero attached hydrogens (tertiary/aromatic N) is 1. The Morgan fingerprint density at radius 3 is 2.48 bits per heavy atom. The van der Waals surface area contributed by atoms with Crippen molar-refractivity contribution in [1.82, 2.24) is 4.90 Å². The van der Waals surface area contributed by atoms with Gasteiger partial charge in [0.25, 0.3) is 0 Å². The van der Waals surface area contributed by atoms with Gasteiger partial charge in [0.1, 0.15) is 0 Å². The number of aliphatic carboxylic acids is 1. The molecule has 0 unspecified atom stereocenters. The molecule has 1 N–H and O–H groups in total. The highest BCUT2D eigenvalue weighted by Crippen LogP contribution is 2.24. The summed E-state index contributed by atoms with van der Waals surface area (Å²) in [5.41, 5.74) is 2.62. The second-order valence-electron chi connectivity index (χ2n) is 6.19. The Morgan fingerprint density at radius 1 is 1.19 bits per heavy atom. The van der Waals surface area contributed by atoms with Crippen molar-refractivity contribution in [2.45, 2.75) is 64.5 Å². The molecule has 116 valence electrons. The summed E-state index contributed by atoms with van der Waals surface area (Å²) in [5.74, 6) is -0.696. The monoisotopic (exact) mass is 289 g/mol. The van der Waals surface area contributed by atoms with E-state index in [1.807, 2.05) is 0 Å². The largest absolute Gasteiger partial charge is 0.481 e. The number of rotatable bonds is 6. The van der Waals surface area contributed by atoms with Crippen molar-refractivity contribution in [2.24, 2.45) is 0 Å². The van der Waals surface area contributed by atoms with E-state index in [2.05, 4.69) is 36.1 Å². The molecule has 3 heteroatoms. The van der Waals surface area contributed by atoms with E-state index in [9.17, 15) is 4.79 Å². The number of hydrogen-bond donors (Lipinski definition) is 1. The average Bonchev–Trinajstić information content (AvgIpc) is 2.74. The highest BCUT2D eigenvalue weighted by Gasteiger charge is 2.21. The summed E-state index contributed by atoms with van der Waals surface area (Å²) in [4.78, 5) is 13.4. The van der Waals surface area contributed by atoms with Gasteiger partial charge >= 0.3 is 5.97 Å². The topological polar surface area (TPSA) is 40.5 Å². The van der Waals surface area contributed by atoms with Gasteiger partial charge in [-0.15, -0.1) is 0 Å². The summed E-state index contributed by atoms with van der Waals surface area (Å²) in [7, 11) is 0. The number of aryl methyl sites for hydroxylation is 1. The predicted molar refractivity (Wildman–Crippen MR) is 85.3 cm³/mol. The molecule has 0 aliphatic heterocycles. The predicted octanol–water partition coefficient (Wildman–Crippen LogP) is 3.99. The van der Waals surface area contributed by atoms with Crippen LogP contribution in [-0.4, -0.2) is 28.6 Å². The molecule has 3 nitrogen and oxygen atoms in total. The molecule has 0 radical (unpaired) electrons. The van der Waals surface area contributed by atoms with Crippen LogP contribution in [0.3, 0.4) is 0 Å². The molecule has 2 rings (SSSR count). The minimum absolute atomic E-state index is 0.238. The van der Waals surface area contributed by atoms with Crippen molar-refractivity contribution in [1.29, 1.82) is 0 Å². The fraction of sp³-hybridized carbons (Fsp3) is 0.611. The Labute approximate surface area is 128 Å². The molecule has 1 aromatic carbocycles. The average molecular weight is 289 g/mol. The second kappa shape index (κ2) is 8.18. The van der Waals surface area contributed by atoms with Crippen LogP contribution >= 0.6 is 0 Å². The molecule has 0 atom stereocenters. The van der Waals surface area contributed by atoms with Crippen LogP contribution in [-0.2, 0) is 11.3 Å². The summed E-state index contributed by atoms with van der Waals surface area (Å²) < 4.78 is 0. The fourth-order valence-corrected chi connectivity index (χ4v) is 3.26. The second-order valence-corrected chi connectivity index (χ2v) is 6.19. The zero-order valence-electron chi connectivity index (χ0n) is 13.1. The van der Waals surface area contributed by atoms with Gasteiger partial charge < -0.3 is 5.11 Å². The molecule has 1 aliphatic carbocycles. The molecule has 0 amide bonds. The zero-order chi connectivity index (χ0) is 15.1. The first-order valence-corrected chi connectivity index (χ1v) is 8.17. The summed E-state index contributed by atoms with van der Waals surface area (Å²) in [5, 5.41) is 9.01. The minimum atomic E-state index is -0.696. The molecule has 1 fully saturated rings. The van der Waals surface area contributed by atoms with Gasteiger partial charge in [-0.25, -0.2) is 0 Å². The van der Waals surface area contributed by atoms with Gasteiger partial charge in [0.05, 0.1) is 6.42 Å². The number of carbonyl (C=O) groups is 1. The molecule has 1 aromatic rings. The van der Waals surface area contributed by atoms with Crippen LogP contribution in [0.5, 0.6) is 0 Å². The summed E-state index contributed by atoms with van der Waals surface area (Å²) in [6.45, 7) is 3.68. The maximum Gasteiger partial charge on any atom is 0.304 e. The van der Waals surface area contributed by atoms with Crippen LogP contribution in [0.25, 0.3) is 0 Å². The van der Waals surface area contributed by atoms with Crippen molar-refractivity contribution in [3.63, 3.8) is 0 Å². The van der Waals surface area contributed by atoms with Crippen molar-refractivity contribution in [2.75, 3.05) is 6.54 Å². The molecule has 21 heavy (non-hydrogen) atoms. The van der Waals surface area contributed by atoms with Gasteiger partial charge in [-0.1, -0.05) is 49.9 Å². The highest BCUT2D eigenvalue weighted by atomic mass is 16.4. The first-order valence-electron chi connectivity index (χ1n) is 8.17. The Morgan fingerprint density at radius 2 is 1.86 bits per heavy atom. The van der Waals surface area contributed by atoms with Crippen molar-refractivity contribution < 1.29 is 9.90 Å². The smallest absolute Gasteiger partial charge is 0.304 e. The Kier molecular flexibility index (Phi) is 6.24. The number of carboxylic acid groups (broad SMARTS) is 1. The third-order valence-electron chi connectivity index (χ3n) is 4.59. The van der Waals surface area contributed by atoms with Crippen LogP contribution in [0.1, 0.15) is 56.1 Å². The lowest BCUT2D eigenvalue weighted by atomic mass is 10.0. The molecule has 0 aromatic heterocycles. The van der Waals surface area contributed by atoms with E-state index in [-0.39, 0.29) is 6.42 Å². The first kappa shape index (κ1) is 16.0. The standard InChI is InChI=1S/C18H27NO2/c1-15-8-6-7-9-16(15)14-19(13-12-18(20)21)17-10-4-2-3-5-11-17/h6-9,17H,2-5,10-14H2,1H3,(H,20,21). The molecule has 0 bridgehead atoms. The third-order valence-corrected chi connectivity index (χ3v) is 4.59. The quantitative estimate of drug-likeness (QED) is 0.805. The zero-order valence-corrected chi connectivity index (χ0v) is 13.1. The van der Waals surface area contributed by atoms with Gasteiger partial charge in [0, 0.05) is 19.1 Å². The van der Waals surface area contributed by atoms with E-state index in [4.69, 9.17) is 5.11 Å². The van der Waals surface area contributed by atoms with E-state index in [1.165, 1.54) is 49.7 Å². The lowest BCUT2D eigenvalue weighted by Crippen LogP contribution is -2.36. The van der Waals surface area contributed by atoms with Crippen LogP contribution < -0.4 is 0 Å². The molecular formula is C18H27NO2. The van der Waals surface area contributed by atoms with Crippen LogP contribution in [0.2, 0.25) is 0 Å². The SMILES string of the molecule is Cc1ccccc1CN(CCC(=O)O)C1CCCCCC1. The number of hydrogen-bond acceptors (Lipinski definition) is 2. The van der Waals surface area contributed by atoms with Crippen LogP contribution in [0, 0.1) is 6.92 Å².